The normalized spacial score (nSPS) is 12.9. The van der Waals surface area contributed by atoms with E-state index in [9.17, 15) is 4.79 Å². The van der Waals surface area contributed by atoms with Crippen LogP contribution in [0.5, 0.6) is 0 Å². The van der Waals surface area contributed by atoms with Crippen molar-refractivity contribution in [3.05, 3.63) is 35.9 Å². The summed E-state index contributed by atoms with van der Waals surface area (Å²) in [5.41, 5.74) is 0.0185. The van der Waals surface area contributed by atoms with Crippen LogP contribution in [0.25, 0.3) is 0 Å². The highest BCUT2D eigenvalue weighted by atomic mass is 16.7. The molecule has 1 rings (SSSR count). The second-order valence-electron chi connectivity index (χ2n) is 6.96. The third-order valence-corrected chi connectivity index (χ3v) is 2.51. The molecule has 0 bridgehead atoms. The average molecular weight is 288 g/mol. The molecular weight excluding hydrogens is 264 g/mol. The summed E-state index contributed by atoms with van der Waals surface area (Å²) < 4.78 is 10.6. The highest BCUT2D eigenvalue weighted by Crippen LogP contribution is 2.23. The quantitative estimate of drug-likeness (QED) is 0.567. The van der Waals surface area contributed by atoms with Crippen molar-refractivity contribution in [3.8, 4) is 11.8 Å². The predicted molar refractivity (Wildman–Crippen MR) is 83.9 cm³/mol. The second kappa shape index (κ2) is 6.67. The lowest BCUT2D eigenvalue weighted by Gasteiger charge is -2.27. The molecule has 0 aliphatic rings. The van der Waals surface area contributed by atoms with Gasteiger partial charge in [0.05, 0.1) is 0 Å². The van der Waals surface area contributed by atoms with Gasteiger partial charge < -0.3 is 9.47 Å². The van der Waals surface area contributed by atoms with Crippen molar-refractivity contribution < 1.29 is 14.3 Å². The van der Waals surface area contributed by atoms with Crippen molar-refractivity contribution >= 4 is 6.16 Å². The van der Waals surface area contributed by atoms with Crippen LogP contribution >= 0.6 is 0 Å². The van der Waals surface area contributed by atoms with Gasteiger partial charge in [-0.3, -0.25) is 0 Å². The van der Waals surface area contributed by atoms with Crippen molar-refractivity contribution in [1.29, 1.82) is 0 Å². The van der Waals surface area contributed by atoms with Crippen LogP contribution in [-0.4, -0.2) is 17.9 Å². The summed E-state index contributed by atoms with van der Waals surface area (Å²) in [6.07, 6.45) is -1.22. The molecule has 3 nitrogen and oxygen atoms in total. The van der Waals surface area contributed by atoms with Crippen LogP contribution in [0.3, 0.4) is 0 Å². The lowest BCUT2D eigenvalue weighted by molar-refractivity contribution is -0.0353. The van der Waals surface area contributed by atoms with Gasteiger partial charge in [0.1, 0.15) is 5.60 Å². The molecule has 1 atom stereocenters. The van der Waals surface area contributed by atoms with Crippen molar-refractivity contribution in [2.24, 2.45) is 5.41 Å². The van der Waals surface area contributed by atoms with E-state index >= 15 is 0 Å². The molecule has 0 aromatic heterocycles. The van der Waals surface area contributed by atoms with Crippen molar-refractivity contribution in [2.45, 2.75) is 53.2 Å². The van der Waals surface area contributed by atoms with E-state index in [0.717, 1.165) is 5.56 Å². The summed E-state index contributed by atoms with van der Waals surface area (Å²) in [5.74, 6) is 6.06. The fraction of sp³-hybridized carbons (Fsp3) is 0.500. The third-order valence-electron chi connectivity index (χ3n) is 2.51. The van der Waals surface area contributed by atoms with E-state index in [1.54, 1.807) is 20.8 Å². The van der Waals surface area contributed by atoms with Gasteiger partial charge in [0.2, 0.25) is 0 Å². The number of hydrogen-bond acceptors (Lipinski definition) is 3. The molecular formula is C18H24O3. The van der Waals surface area contributed by atoms with Gasteiger partial charge in [-0.15, -0.1) is 0 Å². The summed E-state index contributed by atoms with van der Waals surface area (Å²) in [4.78, 5) is 11.8. The Morgan fingerprint density at radius 1 is 1.05 bits per heavy atom. The van der Waals surface area contributed by atoms with E-state index in [-0.39, 0.29) is 5.41 Å². The van der Waals surface area contributed by atoms with Gasteiger partial charge in [0, 0.05) is 11.0 Å². The Morgan fingerprint density at radius 3 is 2.10 bits per heavy atom. The number of ether oxygens (including phenoxy) is 2. The van der Waals surface area contributed by atoms with Crippen LogP contribution in [0.1, 0.15) is 47.1 Å². The molecule has 1 aromatic rings. The zero-order valence-corrected chi connectivity index (χ0v) is 13.7. The lowest BCUT2D eigenvalue weighted by Crippen LogP contribution is -2.33. The Kier molecular flexibility index (Phi) is 5.43. The number of carbonyl (C=O) groups is 1. The maximum atomic E-state index is 11.8. The molecule has 0 N–H and O–H groups in total. The molecule has 0 saturated heterocycles. The smallest absolute Gasteiger partial charge is 0.429 e. The average Bonchev–Trinajstić information content (AvgIpc) is 2.32. The highest BCUT2D eigenvalue weighted by molar-refractivity contribution is 5.61. The summed E-state index contributed by atoms with van der Waals surface area (Å²) in [6.45, 7) is 11.3. The van der Waals surface area contributed by atoms with Crippen molar-refractivity contribution in [1.82, 2.24) is 0 Å². The zero-order chi connectivity index (χ0) is 16.1. The van der Waals surface area contributed by atoms with Crippen LogP contribution in [0.2, 0.25) is 0 Å². The first-order valence-electron chi connectivity index (χ1n) is 7.04. The Hall–Kier alpha value is -1.95. The molecule has 0 spiro atoms. The fourth-order valence-electron chi connectivity index (χ4n) is 1.46. The number of carbonyl (C=O) groups excluding carboxylic acids is 1. The highest BCUT2D eigenvalue weighted by Gasteiger charge is 2.29. The van der Waals surface area contributed by atoms with Gasteiger partial charge >= 0.3 is 6.16 Å². The molecule has 114 valence electrons. The molecule has 0 fully saturated rings. The lowest BCUT2D eigenvalue weighted by atomic mass is 9.89. The molecule has 3 heteroatoms. The van der Waals surface area contributed by atoms with Crippen LogP contribution in [0, 0.1) is 17.3 Å². The molecule has 0 aliphatic heterocycles. The van der Waals surface area contributed by atoms with Crippen molar-refractivity contribution in [3.63, 3.8) is 0 Å². The van der Waals surface area contributed by atoms with Gasteiger partial charge in [-0.2, -0.15) is 0 Å². The second-order valence-corrected chi connectivity index (χ2v) is 6.96. The number of benzene rings is 1. The molecule has 0 saturated carbocycles. The zero-order valence-electron chi connectivity index (χ0n) is 13.7. The van der Waals surface area contributed by atoms with Crippen LogP contribution in [0.15, 0.2) is 30.3 Å². The Morgan fingerprint density at radius 2 is 1.62 bits per heavy atom. The summed E-state index contributed by atoms with van der Waals surface area (Å²) in [7, 11) is 0. The van der Waals surface area contributed by atoms with E-state index in [4.69, 9.17) is 9.47 Å². The Balaban J connectivity index is 2.84. The monoisotopic (exact) mass is 288 g/mol. The van der Waals surface area contributed by atoms with Gasteiger partial charge in [-0.05, 0) is 32.9 Å². The Bertz CT molecular complexity index is 522. The van der Waals surface area contributed by atoms with Gasteiger partial charge in [-0.1, -0.05) is 50.8 Å². The first-order valence-corrected chi connectivity index (χ1v) is 7.04. The predicted octanol–water partition coefficient (Wildman–Crippen LogP) is 4.40. The number of rotatable bonds is 1. The summed E-state index contributed by atoms with van der Waals surface area (Å²) >= 11 is 0. The minimum Gasteiger partial charge on any atom is -0.429 e. The minimum absolute atomic E-state index is 0.293. The van der Waals surface area contributed by atoms with E-state index in [1.165, 1.54) is 0 Å². The molecule has 0 amide bonds. The van der Waals surface area contributed by atoms with Gasteiger partial charge in [0.25, 0.3) is 0 Å². The van der Waals surface area contributed by atoms with E-state index in [1.807, 2.05) is 51.1 Å². The van der Waals surface area contributed by atoms with Gasteiger partial charge in [0.15, 0.2) is 6.10 Å². The van der Waals surface area contributed by atoms with E-state index in [0.29, 0.717) is 0 Å². The first kappa shape index (κ1) is 17.1. The molecule has 21 heavy (non-hydrogen) atoms. The SMILES string of the molecule is CC(C)(C)OC(=O)OC(C#Cc1ccccc1)C(C)(C)C. The van der Waals surface area contributed by atoms with E-state index < -0.39 is 17.9 Å². The minimum atomic E-state index is -0.690. The maximum Gasteiger partial charge on any atom is 0.510 e. The van der Waals surface area contributed by atoms with Crippen molar-refractivity contribution in [2.75, 3.05) is 0 Å². The van der Waals surface area contributed by atoms with E-state index in [2.05, 4.69) is 11.8 Å². The molecule has 1 unspecified atom stereocenters. The van der Waals surface area contributed by atoms with Gasteiger partial charge in [-0.25, -0.2) is 4.79 Å². The summed E-state index contributed by atoms with van der Waals surface area (Å²) in [6, 6.07) is 9.61. The first-order chi connectivity index (χ1) is 9.58. The van der Waals surface area contributed by atoms with Crippen LogP contribution in [-0.2, 0) is 9.47 Å². The maximum absolute atomic E-state index is 11.8. The molecule has 0 aliphatic carbocycles. The largest absolute Gasteiger partial charge is 0.510 e. The standard InChI is InChI=1S/C18H24O3/c1-17(2,3)15(20-16(19)21-18(4,5)6)13-12-14-10-8-7-9-11-14/h7-11,15H,1-6H3. The van der Waals surface area contributed by atoms with Crippen LogP contribution in [0.4, 0.5) is 4.79 Å². The number of hydrogen-bond donors (Lipinski definition) is 0. The summed E-state index contributed by atoms with van der Waals surface area (Å²) in [5, 5.41) is 0. The Labute approximate surface area is 127 Å². The molecule has 0 radical (unpaired) electrons. The molecule has 0 heterocycles. The third kappa shape index (κ3) is 6.85. The topological polar surface area (TPSA) is 35.5 Å². The molecule has 1 aromatic carbocycles. The fourth-order valence-corrected chi connectivity index (χ4v) is 1.46. The van der Waals surface area contributed by atoms with Crippen LogP contribution < -0.4 is 0 Å².